The Kier molecular flexibility index (Phi) is 3.83. The Labute approximate surface area is 162 Å². The Balaban J connectivity index is 1.63. The predicted octanol–water partition coefficient (Wildman–Crippen LogP) is 4.99. The van der Waals surface area contributed by atoms with Crippen LogP contribution in [-0.4, -0.2) is 18.0 Å². The van der Waals surface area contributed by atoms with Crippen molar-refractivity contribution in [1.29, 1.82) is 0 Å². The summed E-state index contributed by atoms with van der Waals surface area (Å²) in [5.74, 6) is 0.337. The minimum atomic E-state index is -0.422. The highest BCUT2D eigenvalue weighted by atomic mass is 16.5. The van der Waals surface area contributed by atoms with E-state index in [-0.39, 0.29) is 5.91 Å². The van der Waals surface area contributed by atoms with E-state index >= 15 is 0 Å². The van der Waals surface area contributed by atoms with Crippen molar-refractivity contribution in [3.05, 3.63) is 90.1 Å². The van der Waals surface area contributed by atoms with Crippen LogP contribution in [0.25, 0.3) is 22.0 Å². The van der Waals surface area contributed by atoms with Gasteiger partial charge in [0.15, 0.2) is 0 Å². The van der Waals surface area contributed by atoms with Crippen molar-refractivity contribution in [1.82, 2.24) is 4.98 Å². The molecule has 1 unspecified atom stereocenters. The van der Waals surface area contributed by atoms with Crippen LogP contribution in [0.4, 0.5) is 5.69 Å². The molecule has 4 aromatic rings. The van der Waals surface area contributed by atoms with E-state index in [0.717, 1.165) is 44.7 Å². The Morgan fingerprint density at radius 3 is 2.64 bits per heavy atom. The third-order valence-corrected chi connectivity index (χ3v) is 5.22. The number of carbonyl (C=O) groups is 1. The number of rotatable bonds is 3. The van der Waals surface area contributed by atoms with Gasteiger partial charge in [-0.2, -0.15) is 0 Å². The topological polar surface area (TPSA) is 51.2 Å². The van der Waals surface area contributed by atoms with Crippen molar-refractivity contribution in [2.45, 2.75) is 5.92 Å². The molecule has 1 amide bonds. The largest absolute Gasteiger partial charge is 0.496 e. The first-order valence-corrected chi connectivity index (χ1v) is 9.18. The predicted molar refractivity (Wildman–Crippen MR) is 111 cm³/mol. The van der Waals surface area contributed by atoms with E-state index in [2.05, 4.69) is 11.4 Å². The van der Waals surface area contributed by atoms with Crippen LogP contribution in [0.1, 0.15) is 17.2 Å². The molecule has 4 nitrogen and oxygen atoms in total. The summed E-state index contributed by atoms with van der Waals surface area (Å²) in [4.78, 5) is 17.5. The number of anilines is 1. The molecular formula is C24H18N2O2. The van der Waals surface area contributed by atoms with Gasteiger partial charge in [-0.3, -0.25) is 9.78 Å². The van der Waals surface area contributed by atoms with Crippen LogP contribution in [0.2, 0.25) is 0 Å². The molecule has 1 aliphatic rings. The van der Waals surface area contributed by atoms with Crippen LogP contribution in [-0.2, 0) is 4.79 Å². The average molecular weight is 366 g/mol. The number of ether oxygens (including phenoxy) is 1. The summed E-state index contributed by atoms with van der Waals surface area (Å²) < 4.78 is 5.51. The molecule has 0 saturated carbocycles. The fourth-order valence-electron chi connectivity index (χ4n) is 3.85. The maximum absolute atomic E-state index is 12.8. The molecule has 0 fully saturated rings. The first-order chi connectivity index (χ1) is 13.7. The third-order valence-electron chi connectivity index (χ3n) is 5.22. The number of hydrogen-bond donors (Lipinski definition) is 1. The molecule has 1 aliphatic heterocycles. The maximum Gasteiger partial charge on any atom is 0.238 e. The molecule has 1 N–H and O–H groups in total. The van der Waals surface area contributed by atoms with E-state index in [4.69, 9.17) is 9.72 Å². The Morgan fingerprint density at radius 1 is 0.929 bits per heavy atom. The SMILES string of the molecule is COc1ccccc1-c1ccc2c(c1)C(c1ccc3ccccc3n1)C(=O)N2. The first-order valence-electron chi connectivity index (χ1n) is 9.18. The molecule has 5 rings (SSSR count). The van der Waals surface area contributed by atoms with Crippen molar-refractivity contribution < 1.29 is 9.53 Å². The summed E-state index contributed by atoms with van der Waals surface area (Å²) >= 11 is 0. The lowest BCUT2D eigenvalue weighted by Gasteiger charge is -2.12. The van der Waals surface area contributed by atoms with Crippen LogP contribution in [0.3, 0.4) is 0 Å². The smallest absolute Gasteiger partial charge is 0.238 e. The minimum absolute atomic E-state index is 0.0463. The second-order valence-corrected chi connectivity index (χ2v) is 6.85. The van der Waals surface area contributed by atoms with Crippen molar-refractivity contribution in [2.75, 3.05) is 12.4 Å². The molecule has 3 aromatic carbocycles. The van der Waals surface area contributed by atoms with Crippen LogP contribution in [0, 0.1) is 0 Å². The molecule has 0 saturated heterocycles. The molecule has 0 aliphatic carbocycles. The minimum Gasteiger partial charge on any atom is -0.496 e. The van der Waals surface area contributed by atoms with Crippen LogP contribution >= 0.6 is 0 Å². The number of fused-ring (bicyclic) bond motifs is 2. The molecule has 1 aromatic heterocycles. The van der Waals surface area contributed by atoms with Crippen LogP contribution in [0.5, 0.6) is 5.75 Å². The maximum atomic E-state index is 12.8. The summed E-state index contributed by atoms with van der Waals surface area (Å²) in [5.41, 5.74) is 5.44. The van der Waals surface area contributed by atoms with Gasteiger partial charge in [-0.05, 0) is 41.5 Å². The number of methoxy groups -OCH3 is 1. The number of nitrogens with one attached hydrogen (secondary N) is 1. The van der Waals surface area contributed by atoms with Gasteiger partial charge in [0.25, 0.3) is 0 Å². The second kappa shape index (κ2) is 6.50. The number of para-hydroxylation sites is 2. The summed E-state index contributed by atoms with van der Waals surface area (Å²) in [6, 6.07) is 25.8. The second-order valence-electron chi connectivity index (χ2n) is 6.85. The molecule has 0 radical (unpaired) electrons. The van der Waals surface area contributed by atoms with Crippen molar-refractivity contribution in [2.24, 2.45) is 0 Å². The number of nitrogens with zero attached hydrogens (tertiary/aromatic N) is 1. The number of aromatic nitrogens is 1. The van der Waals surface area contributed by atoms with Gasteiger partial charge in [-0.25, -0.2) is 0 Å². The molecule has 0 bridgehead atoms. The number of amides is 1. The highest BCUT2D eigenvalue weighted by molar-refractivity contribution is 6.05. The lowest BCUT2D eigenvalue weighted by atomic mass is 9.93. The number of hydrogen-bond acceptors (Lipinski definition) is 3. The fraction of sp³-hybridized carbons (Fsp3) is 0.0833. The van der Waals surface area contributed by atoms with Gasteiger partial charge < -0.3 is 10.1 Å². The van der Waals surface area contributed by atoms with E-state index in [1.807, 2.05) is 72.8 Å². The Morgan fingerprint density at radius 2 is 1.75 bits per heavy atom. The summed E-state index contributed by atoms with van der Waals surface area (Å²) in [5, 5.41) is 4.05. The number of carbonyl (C=O) groups excluding carboxylic acids is 1. The molecule has 136 valence electrons. The highest BCUT2D eigenvalue weighted by Crippen LogP contribution is 2.40. The summed E-state index contributed by atoms with van der Waals surface area (Å²) in [6.45, 7) is 0. The van der Waals surface area contributed by atoms with Gasteiger partial charge in [-0.1, -0.05) is 48.5 Å². The lowest BCUT2D eigenvalue weighted by molar-refractivity contribution is -0.116. The highest BCUT2D eigenvalue weighted by Gasteiger charge is 2.33. The van der Waals surface area contributed by atoms with Gasteiger partial charge in [0, 0.05) is 16.6 Å². The lowest BCUT2D eigenvalue weighted by Crippen LogP contribution is -2.14. The van der Waals surface area contributed by atoms with Gasteiger partial charge in [0.05, 0.1) is 18.3 Å². The zero-order valence-electron chi connectivity index (χ0n) is 15.3. The number of pyridine rings is 1. The first kappa shape index (κ1) is 16.5. The zero-order chi connectivity index (χ0) is 19.1. The van der Waals surface area contributed by atoms with Gasteiger partial charge in [-0.15, -0.1) is 0 Å². The standard InChI is InChI=1S/C24H18N2O2/c1-28-22-9-5-3-7-17(22)16-11-12-20-18(14-16)23(24(27)26-20)21-13-10-15-6-2-4-8-19(15)25-21/h2-14,23H,1H3,(H,26,27). The number of benzene rings is 3. The third kappa shape index (κ3) is 2.62. The summed E-state index contributed by atoms with van der Waals surface area (Å²) in [6.07, 6.45) is 0. The van der Waals surface area contributed by atoms with Crippen molar-refractivity contribution in [3.63, 3.8) is 0 Å². The van der Waals surface area contributed by atoms with Crippen molar-refractivity contribution in [3.8, 4) is 16.9 Å². The van der Waals surface area contributed by atoms with E-state index in [9.17, 15) is 4.79 Å². The van der Waals surface area contributed by atoms with Gasteiger partial charge in [0.2, 0.25) is 5.91 Å². The molecule has 4 heteroatoms. The Hall–Kier alpha value is -3.66. The molecule has 28 heavy (non-hydrogen) atoms. The monoisotopic (exact) mass is 366 g/mol. The molecule has 2 heterocycles. The normalized spacial score (nSPS) is 15.3. The van der Waals surface area contributed by atoms with Crippen LogP contribution in [0.15, 0.2) is 78.9 Å². The quantitative estimate of drug-likeness (QED) is 0.555. The summed E-state index contributed by atoms with van der Waals surface area (Å²) in [7, 11) is 1.67. The zero-order valence-corrected chi connectivity index (χ0v) is 15.3. The van der Waals surface area contributed by atoms with E-state index < -0.39 is 5.92 Å². The molecular weight excluding hydrogens is 348 g/mol. The fourth-order valence-corrected chi connectivity index (χ4v) is 3.85. The van der Waals surface area contributed by atoms with E-state index in [1.165, 1.54) is 0 Å². The van der Waals surface area contributed by atoms with Crippen LogP contribution < -0.4 is 10.1 Å². The van der Waals surface area contributed by atoms with E-state index in [1.54, 1.807) is 7.11 Å². The average Bonchev–Trinajstić information content (AvgIpc) is 3.08. The molecule has 0 spiro atoms. The van der Waals surface area contributed by atoms with E-state index in [0.29, 0.717) is 0 Å². The van der Waals surface area contributed by atoms with Gasteiger partial charge >= 0.3 is 0 Å². The molecule has 1 atom stereocenters. The Bertz CT molecular complexity index is 1220. The van der Waals surface area contributed by atoms with Gasteiger partial charge in [0.1, 0.15) is 11.7 Å². The van der Waals surface area contributed by atoms with Crippen molar-refractivity contribution >= 4 is 22.5 Å².